The first kappa shape index (κ1) is 22.0. The van der Waals surface area contributed by atoms with E-state index in [2.05, 4.69) is 5.32 Å². The van der Waals surface area contributed by atoms with Crippen LogP contribution in [0.5, 0.6) is 0 Å². The van der Waals surface area contributed by atoms with Gasteiger partial charge in [0.05, 0.1) is 11.4 Å². The Balaban J connectivity index is 1.57. The molecule has 0 unspecified atom stereocenters. The third-order valence-electron chi connectivity index (χ3n) is 5.06. The van der Waals surface area contributed by atoms with Crippen molar-refractivity contribution in [2.75, 3.05) is 20.6 Å². The van der Waals surface area contributed by atoms with Crippen molar-refractivity contribution in [2.24, 2.45) is 0 Å². The number of amides is 2. The van der Waals surface area contributed by atoms with Gasteiger partial charge in [-0.2, -0.15) is 4.31 Å². The Bertz CT molecular complexity index is 1010. The maximum absolute atomic E-state index is 12.7. The molecule has 0 atom stereocenters. The van der Waals surface area contributed by atoms with E-state index >= 15 is 0 Å². The van der Waals surface area contributed by atoms with E-state index in [-0.39, 0.29) is 23.3 Å². The molecule has 0 bridgehead atoms. The Morgan fingerprint density at radius 3 is 2.17 bits per heavy atom. The highest BCUT2D eigenvalue weighted by Crippen LogP contribution is 2.19. The van der Waals surface area contributed by atoms with Crippen LogP contribution in [0.25, 0.3) is 0 Å². The molecule has 1 aliphatic carbocycles. The van der Waals surface area contributed by atoms with E-state index in [1.165, 1.54) is 24.1 Å². The first-order chi connectivity index (χ1) is 14.2. The van der Waals surface area contributed by atoms with Crippen molar-refractivity contribution >= 4 is 21.8 Å². The largest absolute Gasteiger partial charge is 0.349 e. The van der Waals surface area contributed by atoms with Crippen LogP contribution in [-0.2, 0) is 21.4 Å². The third-order valence-corrected chi connectivity index (χ3v) is 6.88. The molecular weight excluding hydrogens is 402 g/mol. The SMILES string of the molecule is Cc1ccc(S(=O)(=O)N(C)CC(=O)N(C)Cc2ccc(C(=O)NC3CC3)cc2)cc1. The number of nitrogens with one attached hydrogen (secondary N) is 1. The molecule has 30 heavy (non-hydrogen) atoms. The number of hydrogen-bond acceptors (Lipinski definition) is 4. The highest BCUT2D eigenvalue weighted by atomic mass is 32.2. The summed E-state index contributed by atoms with van der Waals surface area (Å²) in [4.78, 5) is 26.2. The average molecular weight is 430 g/mol. The van der Waals surface area contributed by atoms with Crippen LogP contribution in [0.1, 0.15) is 34.3 Å². The van der Waals surface area contributed by atoms with Gasteiger partial charge in [0.1, 0.15) is 0 Å². The minimum Gasteiger partial charge on any atom is -0.349 e. The van der Waals surface area contributed by atoms with Gasteiger partial charge in [-0.05, 0) is 49.6 Å². The molecule has 1 aliphatic rings. The van der Waals surface area contributed by atoms with E-state index in [0.717, 1.165) is 28.3 Å². The molecule has 0 saturated heterocycles. The number of aryl methyl sites for hydroxylation is 1. The predicted octanol–water partition coefficient (Wildman–Crippen LogP) is 2.17. The van der Waals surface area contributed by atoms with E-state index < -0.39 is 10.0 Å². The van der Waals surface area contributed by atoms with Gasteiger partial charge in [-0.25, -0.2) is 8.42 Å². The second-order valence-corrected chi connectivity index (χ2v) is 9.81. The summed E-state index contributed by atoms with van der Waals surface area (Å²) < 4.78 is 26.4. The standard InChI is InChI=1S/C22H27N3O4S/c1-16-4-12-20(13-5-16)30(28,29)25(3)15-21(26)24(2)14-17-6-8-18(9-7-17)22(27)23-19-10-11-19/h4-9,12-13,19H,10-11,14-15H2,1-3H3,(H,23,27). The molecule has 160 valence electrons. The van der Waals surface area contributed by atoms with E-state index in [9.17, 15) is 18.0 Å². The highest BCUT2D eigenvalue weighted by molar-refractivity contribution is 7.89. The molecule has 1 N–H and O–H groups in total. The third kappa shape index (κ3) is 5.46. The average Bonchev–Trinajstić information content (AvgIpc) is 3.52. The number of likely N-dealkylation sites (N-methyl/N-ethyl adjacent to an activating group) is 2. The van der Waals surface area contributed by atoms with Crippen molar-refractivity contribution in [3.8, 4) is 0 Å². The molecule has 0 aliphatic heterocycles. The molecule has 7 nitrogen and oxygen atoms in total. The monoisotopic (exact) mass is 429 g/mol. The van der Waals surface area contributed by atoms with Crippen LogP contribution < -0.4 is 5.32 Å². The fourth-order valence-corrected chi connectivity index (χ4v) is 4.03. The van der Waals surface area contributed by atoms with Crippen LogP contribution in [0.15, 0.2) is 53.4 Å². The lowest BCUT2D eigenvalue weighted by Gasteiger charge is -2.22. The summed E-state index contributed by atoms with van der Waals surface area (Å²) in [6.45, 7) is 1.95. The second kappa shape index (κ2) is 8.97. The molecule has 2 amide bonds. The minimum absolute atomic E-state index is 0.0866. The molecule has 0 spiro atoms. The summed E-state index contributed by atoms with van der Waals surface area (Å²) in [5, 5.41) is 2.93. The van der Waals surface area contributed by atoms with Crippen molar-refractivity contribution in [3.05, 3.63) is 65.2 Å². The molecule has 1 saturated carbocycles. The van der Waals surface area contributed by atoms with Crippen LogP contribution in [-0.4, -0.2) is 56.1 Å². The van der Waals surface area contributed by atoms with Crippen molar-refractivity contribution in [1.29, 1.82) is 0 Å². The molecule has 0 aromatic heterocycles. The second-order valence-electron chi connectivity index (χ2n) is 7.77. The number of benzene rings is 2. The summed E-state index contributed by atoms with van der Waals surface area (Å²) in [7, 11) is -0.711. The minimum atomic E-state index is -3.74. The molecule has 2 aromatic rings. The Morgan fingerprint density at radius 2 is 1.60 bits per heavy atom. The zero-order valence-corrected chi connectivity index (χ0v) is 18.3. The van der Waals surface area contributed by atoms with Crippen molar-refractivity contribution in [1.82, 2.24) is 14.5 Å². The number of rotatable bonds is 8. The van der Waals surface area contributed by atoms with Crippen LogP contribution in [0.3, 0.4) is 0 Å². The Labute approximate surface area is 177 Å². The van der Waals surface area contributed by atoms with E-state index in [1.54, 1.807) is 43.4 Å². The molecule has 0 radical (unpaired) electrons. The topological polar surface area (TPSA) is 86.8 Å². The summed E-state index contributed by atoms with van der Waals surface area (Å²) >= 11 is 0. The maximum Gasteiger partial charge on any atom is 0.251 e. The first-order valence-corrected chi connectivity index (χ1v) is 11.3. The molecule has 3 rings (SSSR count). The molecule has 8 heteroatoms. The summed E-state index contributed by atoms with van der Waals surface area (Å²) in [5.74, 6) is -0.403. The number of carbonyl (C=O) groups excluding carboxylic acids is 2. The number of hydrogen-bond donors (Lipinski definition) is 1. The van der Waals surface area contributed by atoms with Crippen LogP contribution in [0, 0.1) is 6.92 Å². The maximum atomic E-state index is 12.7. The molecule has 1 fully saturated rings. The zero-order valence-electron chi connectivity index (χ0n) is 17.5. The summed E-state index contributed by atoms with van der Waals surface area (Å²) in [6, 6.07) is 13.9. The van der Waals surface area contributed by atoms with Gasteiger partial charge < -0.3 is 10.2 Å². The fraction of sp³-hybridized carbons (Fsp3) is 0.364. The number of carbonyl (C=O) groups is 2. The van der Waals surface area contributed by atoms with Crippen LogP contribution in [0.4, 0.5) is 0 Å². The van der Waals surface area contributed by atoms with Gasteiger partial charge >= 0.3 is 0 Å². The van der Waals surface area contributed by atoms with E-state index in [1.807, 2.05) is 6.92 Å². The lowest BCUT2D eigenvalue weighted by molar-refractivity contribution is -0.130. The Kier molecular flexibility index (Phi) is 6.58. The smallest absolute Gasteiger partial charge is 0.251 e. The Morgan fingerprint density at radius 1 is 1.00 bits per heavy atom. The molecule has 2 aromatic carbocycles. The first-order valence-electron chi connectivity index (χ1n) is 9.83. The van der Waals surface area contributed by atoms with Crippen molar-refractivity contribution < 1.29 is 18.0 Å². The van der Waals surface area contributed by atoms with Crippen molar-refractivity contribution in [2.45, 2.75) is 37.2 Å². The lowest BCUT2D eigenvalue weighted by atomic mass is 10.1. The zero-order chi connectivity index (χ0) is 21.9. The molecular formula is C22H27N3O4S. The van der Waals surface area contributed by atoms with E-state index in [4.69, 9.17) is 0 Å². The van der Waals surface area contributed by atoms with Gasteiger partial charge in [0, 0.05) is 32.2 Å². The quantitative estimate of drug-likeness (QED) is 0.697. The number of nitrogens with zero attached hydrogens (tertiary/aromatic N) is 2. The van der Waals surface area contributed by atoms with Gasteiger partial charge in [-0.15, -0.1) is 0 Å². The molecule has 0 heterocycles. The normalized spacial score (nSPS) is 13.9. The van der Waals surface area contributed by atoms with Crippen molar-refractivity contribution in [3.63, 3.8) is 0 Å². The van der Waals surface area contributed by atoms with Gasteiger partial charge in [0.2, 0.25) is 15.9 Å². The summed E-state index contributed by atoms with van der Waals surface area (Å²) in [5.41, 5.74) is 2.41. The summed E-state index contributed by atoms with van der Waals surface area (Å²) in [6.07, 6.45) is 2.07. The highest BCUT2D eigenvalue weighted by Gasteiger charge is 2.25. The fourth-order valence-electron chi connectivity index (χ4n) is 2.91. The van der Waals surface area contributed by atoms with Gasteiger partial charge in [-0.1, -0.05) is 29.8 Å². The van der Waals surface area contributed by atoms with Gasteiger partial charge in [0.25, 0.3) is 5.91 Å². The Hall–Kier alpha value is -2.71. The van der Waals surface area contributed by atoms with Gasteiger partial charge in [0.15, 0.2) is 0 Å². The lowest BCUT2D eigenvalue weighted by Crippen LogP contribution is -2.39. The van der Waals surface area contributed by atoms with Crippen LogP contribution >= 0.6 is 0 Å². The van der Waals surface area contributed by atoms with Crippen LogP contribution in [0.2, 0.25) is 0 Å². The van der Waals surface area contributed by atoms with Gasteiger partial charge in [-0.3, -0.25) is 9.59 Å². The van der Waals surface area contributed by atoms with E-state index in [0.29, 0.717) is 18.2 Å². The predicted molar refractivity (Wildman–Crippen MR) is 114 cm³/mol. The number of sulfonamides is 1.